The molecule has 2 unspecified atom stereocenters. The lowest BCUT2D eigenvalue weighted by Gasteiger charge is -2.19. The third kappa shape index (κ3) is 40.3. The van der Waals surface area contributed by atoms with Crippen LogP contribution in [0.1, 0.15) is 232 Å². The van der Waals surface area contributed by atoms with Crippen LogP contribution in [0.5, 0.6) is 0 Å². The molecule has 1 N–H and O–H groups in total. The molecular formula is C44H85O8P. The number of carbonyl (C=O) groups is 2. The highest BCUT2D eigenvalue weighted by atomic mass is 31.2. The van der Waals surface area contributed by atoms with E-state index in [1.54, 1.807) is 0 Å². The Hall–Kier alpha value is -1.21. The molecule has 9 heteroatoms. The Bertz CT molecular complexity index is 879. The van der Waals surface area contributed by atoms with Gasteiger partial charge < -0.3 is 14.4 Å². The Labute approximate surface area is 327 Å². The van der Waals surface area contributed by atoms with Gasteiger partial charge in [-0.1, -0.05) is 193 Å². The van der Waals surface area contributed by atoms with Crippen LogP contribution in [0.25, 0.3) is 0 Å². The third-order valence-corrected chi connectivity index (χ3v) is 10.9. The SMILES string of the molecule is CCCCCCCCC/C=C\CCCCCCCC(=O)OC(COC(=O)CCCCCCCCCCCCCCCCCCCC)COP(=O)(O)OC. The molecule has 2 atom stereocenters. The van der Waals surface area contributed by atoms with Crippen molar-refractivity contribution in [1.82, 2.24) is 0 Å². The number of allylic oxidation sites excluding steroid dienone is 2. The summed E-state index contributed by atoms with van der Waals surface area (Å²) >= 11 is 0. The molecule has 0 aromatic heterocycles. The highest BCUT2D eigenvalue weighted by Crippen LogP contribution is 2.42. The van der Waals surface area contributed by atoms with Gasteiger partial charge in [0.1, 0.15) is 6.61 Å². The minimum Gasteiger partial charge on any atom is -0.462 e. The maximum atomic E-state index is 12.5. The fourth-order valence-corrected chi connectivity index (χ4v) is 7.00. The summed E-state index contributed by atoms with van der Waals surface area (Å²) in [6.45, 7) is 3.91. The number of ether oxygens (including phenoxy) is 2. The van der Waals surface area contributed by atoms with E-state index in [0.717, 1.165) is 58.5 Å². The number of esters is 2. The van der Waals surface area contributed by atoms with E-state index in [4.69, 9.17) is 14.0 Å². The van der Waals surface area contributed by atoms with Crippen LogP contribution in [0, 0.1) is 0 Å². The van der Waals surface area contributed by atoms with E-state index in [1.807, 2.05) is 0 Å². The van der Waals surface area contributed by atoms with Crippen LogP contribution in [-0.4, -0.2) is 43.3 Å². The summed E-state index contributed by atoms with van der Waals surface area (Å²) in [5, 5.41) is 0. The molecule has 0 fully saturated rings. The maximum absolute atomic E-state index is 12.5. The molecule has 314 valence electrons. The van der Waals surface area contributed by atoms with Gasteiger partial charge in [-0.15, -0.1) is 0 Å². The van der Waals surface area contributed by atoms with Crippen molar-refractivity contribution in [2.75, 3.05) is 20.3 Å². The first-order valence-corrected chi connectivity index (χ1v) is 23.9. The van der Waals surface area contributed by atoms with Gasteiger partial charge in [-0.2, -0.15) is 0 Å². The second-order valence-electron chi connectivity index (χ2n) is 15.2. The number of hydrogen-bond acceptors (Lipinski definition) is 7. The summed E-state index contributed by atoms with van der Waals surface area (Å²) in [4.78, 5) is 34.5. The molecule has 0 spiro atoms. The van der Waals surface area contributed by atoms with Gasteiger partial charge in [-0.3, -0.25) is 18.6 Å². The lowest BCUT2D eigenvalue weighted by atomic mass is 10.0. The van der Waals surface area contributed by atoms with Crippen LogP contribution in [0.15, 0.2) is 12.2 Å². The van der Waals surface area contributed by atoms with Gasteiger partial charge in [0, 0.05) is 20.0 Å². The van der Waals surface area contributed by atoms with Gasteiger partial charge in [0.05, 0.1) is 6.61 Å². The average molecular weight is 773 g/mol. The number of phosphoric ester groups is 1. The molecule has 0 aromatic carbocycles. The summed E-state index contributed by atoms with van der Waals surface area (Å²) in [7, 11) is -3.19. The third-order valence-electron chi connectivity index (χ3n) is 10.0. The highest BCUT2D eigenvalue weighted by Gasteiger charge is 2.24. The van der Waals surface area contributed by atoms with Gasteiger partial charge in [-0.05, 0) is 38.5 Å². The molecule has 0 radical (unpaired) electrons. The van der Waals surface area contributed by atoms with Crippen molar-refractivity contribution in [3.05, 3.63) is 12.2 Å². The van der Waals surface area contributed by atoms with Crippen LogP contribution in [0.3, 0.4) is 0 Å². The van der Waals surface area contributed by atoms with E-state index in [-0.39, 0.29) is 19.0 Å². The lowest BCUT2D eigenvalue weighted by Crippen LogP contribution is -2.29. The van der Waals surface area contributed by atoms with Crippen LogP contribution in [0.4, 0.5) is 0 Å². The van der Waals surface area contributed by atoms with Crippen LogP contribution in [-0.2, 0) is 32.7 Å². The van der Waals surface area contributed by atoms with Gasteiger partial charge in [-0.25, -0.2) is 4.57 Å². The molecule has 0 aliphatic heterocycles. The summed E-state index contributed by atoms with van der Waals surface area (Å²) in [6, 6.07) is 0. The Balaban J connectivity index is 3.94. The number of phosphoric acid groups is 1. The van der Waals surface area contributed by atoms with E-state index < -0.39 is 26.5 Å². The monoisotopic (exact) mass is 773 g/mol. The number of rotatable bonds is 42. The van der Waals surface area contributed by atoms with E-state index in [0.29, 0.717) is 12.8 Å². The predicted molar refractivity (Wildman–Crippen MR) is 221 cm³/mol. The first-order valence-electron chi connectivity index (χ1n) is 22.4. The topological polar surface area (TPSA) is 108 Å². The van der Waals surface area contributed by atoms with Crippen molar-refractivity contribution in [2.24, 2.45) is 0 Å². The minimum absolute atomic E-state index is 0.222. The molecule has 0 saturated heterocycles. The Kier molecular flexibility index (Phi) is 39.5. The van der Waals surface area contributed by atoms with Crippen molar-refractivity contribution >= 4 is 19.8 Å². The Morgan fingerprint density at radius 3 is 1.23 bits per heavy atom. The fourth-order valence-electron chi connectivity index (χ4n) is 6.54. The zero-order chi connectivity index (χ0) is 38.9. The van der Waals surface area contributed by atoms with Crippen molar-refractivity contribution in [3.63, 3.8) is 0 Å². The predicted octanol–water partition coefficient (Wildman–Crippen LogP) is 14.1. The normalized spacial score (nSPS) is 13.4. The Morgan fingerprint density at radius 2 is 0.849 bits per heavy atom. The molecule has 0 bridgehead atoms. The first kappa shape index (κ1) is 51.8. The molecule has 53 heavy (non-hydrogen) atoms. The summed E-state index contributed by atoms with van der Waals surface area (Å²) in [5.41, 5.74) is 0. The van der Waals surface area contributed by atoms with Gasteiger partial charge in [0.25, 0.3) is 0 Å². The van der Waals surface area contributed by atoms with Crippen LogP contribution < -0.4 is 0 Å². The van der Waals surface area contributed by atoms with E-state index in [9.17, 15) is 19.0 Å². The van der Waals surface area contributed by atoms with Crippen molar-refractivity contribution < 1.29 is 37.6 Å². The second kappa shape index (κ2) is 40.5. The number of carbonyl (C=O) groups excluding carboxylic acids is 2. The molecular weight excluding hydrogens is 687 g/mol. The molecule has 0 aliphatic rings. The second-order valence-corrected chi connectivity index (χ2v) is 16.8. The molecule has 0 rings (SSSR count). The van der Waals surface area contributed by atoms with Gasteiger partial charge in [0.2, 0.25) is 0 Å². The van der Waals surface area contributed by atoms with Gasteiger partial charge in [0.15, 0.2) is 6.10 Å². The smallest absolute Gasteiger partial charge is 0.462 e. The largest absolute Gasteiger partial charge is 0.472 e. The maximum Gasteiger partial charge on any atom is 0.472 e. The van der Waals surface area contributed by atoms with E-state index in [2.05, 4.69) is 30.5 Å². The molecule has 8 nitrogen and oxygen atoms in total. The van der Waals surface area contributed by atoms with Gasteiger partial charge >= 0.3 is 19.8 Å². The zero-order valence-electron chi connectivity index (χ0n) is 34.9. The molecule has 0 aromatic rings. The zero-order valence-corrected chi connectivity index (χ0v) is 35.8. The fraction of sp³-hybridized carbons (Fsp3) is 0.909. The summed E-state index contributed by atoms with van der Waals surface area (Å²) < 4.78 is 32.0. The standard InChI is InChI=1S/C44H85O8P/c1-4-6-8-10-12-14-16-18-20-22-23-25-26-28-30-32-34-36-38-43(45)50-40-42(41-51-53(47,48)49-3)52-44(46)39-37-35-33-31-29-27-24-21-19-17-15-13-11-9-7-5-2/h21,24,42H,4-20,22-23,25-41H2,1-3H3,(H,47,48)/b24-21-. The van der Waals surface area contributed by atoms with Crippen molar-refractivity contribution in [3.8, 4) is 0 Å². The van der Waals surface area contributed by atoms with E-state index in [1.165, 1.54) is 148 Å². The summed E-state index contributed by atoms with van der Waals surface area (Å²) in [5.74, 6) is -0.800. The number of unbranched alkanes of at least 4 members (excludes halogenated alkanes) is 29. The van der Waals surface area contributed by atoms with Crippen molar-refractivity contribution in [2.45, 2.75) is 238 Å². The van der Waals surface area contributed by atoms with Crippen LogP contribution in [0.2, 0.25) is 0 Å². The number of hydrogen-bond donors (Lipinski definition) is 1. The summed E-state index contributed by atoms with van der Waals surface area (Å²) in [6.07, 6.45) is 44.1. The average Bonchev–Trinajstić information content (AvgIpc) is 3.15. The Morgan fingerprint density at radius 1 is 0.509 bits per heavy atom. The lowest BCUT2D eigenvalue weighted by molar-refractivity contribution is -0.161. The molecule has 0 saturated carbocycles. The molecule has 0 aliphatic carbocycles. The highest BCUT2D eigenvalue weighted by molar-refractivity contribution is 7.47. The quantitative estimate of drug-likeness (QED) is 0.0283. The van der Waals surface area contributed by atoms with E-state index >= 15 is 0 Å². The minimum atomic E-state index is -4.26. The molecule has 0 heterocycles. The first-order chi connectivity index (χ1) is 25.8. The van der Waals surface area contributed by atoms with Crippen LogP contribution >= 0.6 is 7.82 Å². The van der Waals surface area contributed by atoms with Crippen molar-refractivity contribution in [1.29, 1.82) is 0 Å². The molecule has 0 amide bonds.